The second-order valence-corrected chi connectivity index (χ2v) is 5.44. The van der Waals surface area contributed by atoms with Crippen LogP contribution >= 0.6 is 0 Å². The Morgan fingerprint density at radius 3 is 2.54 bits per heavy atom. The number of ether oxygens (including phenoxy) is 1. The van der Waals surface area contributed by atoms with Gasteiger partial charge in [-0.15, -0.1) is 0 Å². The maximum absolute atomic E-state index is 5.31. The van der Waals surface area contributed by atoms with Gasteiger partial charge in [0.15, 0.2) is 0 Å². The molecule has 2 nitrogen and oxygen atoms in total. The first-order valence-corrected chi connectivity index (χ1v) is 6.90. The SMILES string of the molecule is CCC1(CN(C)CCC[SiH3])COC1. The zero-order valence-electron chi connectivity index (χ0n) is 9.31. The molecule has 0 aromatic rings. The molecule has 13 heavy (non-hydrogen) atoms. The van der Waals surface area contributed by atoms with Crippen LogP contribution in [0, 0.1) is 5.41 Å². The fraction of sp³-hybridized carbons (Fsp3) is 1.00. The van der Waals surface area contributed by atoms with Crippen molar-refractivity contribution in [2.75, 3.05) is 33.4 Å². The lowest BCUT2D eigenvalue weighted by molar-refractivity contribution is -0.125. The van der Waals surface area contributed by atoms with Crippen molar-refractivity contribution < 1.29 is 4.74 Å². The van der Waals surface area contributed by atoms with Crippen LogP contribution in [-0.2, 0) is 4.74 Å². The van der Waals surface area contributed by atoms with Crippen LogP contribution in [0.1, 0.15) is 19.8 Å². The molecule has 1 aliphatic heterocycles. The molecule has 0 aromatic heterocycles. The first-order chi connectivity index (χ1) is 6.22. The molecule has 0 aromatic carbocycles. The highest BCUT2D eigenvalue weighted by molar-refractivity contribution is 6.08. The van der Waals surface area contributed by atoms with E-state index in [0.29, 0.717) is 5.41 Å². The lowest BCUT2D eigenvalue weighted by atomic mass is 9.83. The van der Waals surface area contributed by atoms with Crippen LogP contribution in [0.5, 0.6) is 0 Å². The molecule has 0 unspecified atom stereocenters. The highest BCUT2D eigenvalue weighted by atomic mass is 28.1. The van der Waals surface area contributed by atoms with Gasteiger partial charge in [-0.25, -0.2) is 0 Å². The van der Waals surface area contributed by atoms with Crippen molar-refractivity contribution in [1.29, 1.82) is 0 Å². The Bertz CT molecular complexity index is 142. The summed E-state index contributed by atoms with van der Waals surface area (Å²) >= 11 is 0. The highest BCUT2D eigenvalue weighted by Crippen LogP contribution is 2.31. The Morgan fingerprint density at radius 2 is 2.15 bits per heavy atom. The standard InChI is InChI=1S/C10H23NOSi/c1-3-10(8-12-9-10)7-11(2)5-4-6-13/h3-9H2,1-2,13H3. The largest absolute Gasteiger partial charge is 0.380 e. The van der Waals surface area contributed by atoms with Gasteiger partial charge in [0.2, 0.25) is 0 Å². The zero-order valence-corrected chi connectivity index (χ0v) is 11.3. The average molecular weight is 201 g/mol. The quantitative estimate of drug-likeness (QED) is 0.581. The Morgan fingerprint density at radius 1 is 1.46 bits per heavy atom. The molecule has 1 aliphatic rings. The summed E-state index contributed by atoms with van der Waals surface area (Å²) in [5.74, 6) is 0. The zero-order chi connectivity index (χ0) is 9.73. The van der Waals surface area contributed by atoms with E-state index in [2.05, 4.69) is 18.9 Å². The Balaban J connectivity index is 2.21. The highest BCUT2D eigenvalue weighted by Gasteiger charge is 2.37. The second-order valence-electron chi connectivity index (χ2n) is 4.44. The minimum absolute atomic E-state index is 0.500. The summed E-state index contributed by atoms with van der Waals surface area (Å²) in [5.41, 5.74) is 0.500. The molecule has 0 aliphatic carbocycles. The van der Waals surface area contributed by atoms with Gasteiger partial charge in [0.1, 0.15) is 0 Å². The lowest BCUT2D eigenvalue weighted by Gasteiger charge is -2.43. The normalized spacial score (nSPS) is 20.5. The molecule has 3 heteroatoms. The Kier molecular flexibility index (Phi) is 4.42. The average Bonchev–Trinajstić information content (AvgIpc) is 2.08. The smallest absolute Gasteiger partial charge is 0.0557 e. The van der Waals surface area contributed by atoms with Crippen LogP contribution in [0.2, 0.25) is 6.04 Å². The van der Waals surface area contributed by atoms with Gasteiger partial charge >= 0.3 is 0 Å². The van der Waals surface area contributed by atoms with Crippen LogP contribution in [0.15, 0.2) is 0 Å². The van der Waals surface area contributed by atoms with Gasteiger partial charge in [0.05, 0.1) is 13.2 Å². The van der Waals surface area contributed by atoms with Gasteiger partial charge in [-0.3, -0.25) is 0 Å². The summed E-state index contributed by atoms with van der Waals surface area (Å²) in [6.45, 7) is 6.74. The molecule has 0 radical (unpaired) electrons. The maximum atomic E-state index is 5.31. The van der Waals surface area contributed by atoms with Crippen LogP contribution in [0.25, 0.3) is 0 Å². The molecular formula is C10H23NOSi. The van der Waals surface area contributed by atoms with E-state index in [9.17, 15) is 0 Å². The van der Waals surface area contributed by atoms with E-state index in [-0.39, 0.29) is 0 Å². The molecule has 1 saturated heterocycles. The molecule has 0 amide bonds. The van der Waals surface area contributed by atoms with Crippen molar-refractivity contribution in [2.45, 2.75) is 25.8 Å². The van der Waals surface area contributed by atoms with Crippen molar-refractivity contribution >= 4 is 10.2 Å². The first-order valence-electron chi connectivity index (χ1n) is 5.49. The van der Waals surface area contributed by atoms with Gasteiger partial charge in [0.25, 0.3) is 0 Å². The number of nitrogens with zero attached hydrogens (tertiary/aromatic N) is 1. The summed E-state index contributed by atoms with van der Waals surface area (Å²) in [4.78, 5) is 2.48. The summed E-state index contributed by atoms with van der Waals surface area (Å²) in [7, 11) is 3.59. The molecule has 0 bridgehead atoms. The van der Waals surface area contributed by atoms with Crippen LogP contribution in [-0.4, -0.2) is 48.5 Å². The maximum Gasteiger partial charge on any atom is 0.0557 e. The molecule has 0 spiro atoms. The van der Waals surface area contributed by atoms with Crippen molar-refractivity contribution in [3.8, 4) is 0 Å². The van der Waals surface area contributed by atoms with Gasteiger partial charge in [-0.2, -0.15) is 0 Å². The molecular weight excluding hydrogens is 178 g/mol. The Hall–Kier alpha value is 0.137. The summed E-state index contributed by atoms with van der Waals surface area (Å²) in [6.07, 6.45) is 2.64. The summed E-state index contributed by atoms with van der Waals surface area (Å²) in [6, 6.07) is 1.43. The van der Waals surface area contributed by atoms with Crippen LogP contribution in [0.3, 0.4) is 0 Å². The predicted octanol–water partition coefficient (Wildman–Crippen LogP) is 0.519. The van der Waals surface area contributed by atoms with E-state index in [1.807, 2.05) is 0 Å². The molecule has 1 fully saturated rings. The third kappa shape index (κ3) is 3.08. The van der Waals surface area contributed by atoms with Gasteiger partial charge in [-0.05, 0) is 26.4 Å². The fourth-order valence-electron chi connectivity index (χ4n) is 1.88. The van der Waals surface area contributed by atoms with E-state index in [4.69, 9.17) is 4.74 Å². The molecule has 78 valence electrons. The van der Waals surface area contributed by atoms with Crippen molar-refractivity contribution in [3.63, 3.8) is 0 Å². The third-order valence-corrected chi connectivity index (χ3v) is 3.77. The van der Waals surface area contributed by atoms with E-state index in [0.717, 1.165) is 13.2 Å². The monoisotopic (exact) mass is 201 g/mol. The molecule has 0 saturated carbocycles. The lowest BCUT2D eigenvalue weighted by Crippen LogP contribution is -2.49. The van der Waals surface area contributed by atoms with E-state index in [1.54, 1.807) is 0 Å². The minimum atomic E-state index is 0.500. The second kappa shape index (κ2) is 5.13. The molecule has 1 heterocycles. The summed E-state index contributed by atoms with van der Waals surface area (Å²) in [5, 5.41) is 0. The van der Waals surface area contributed by atoms with Gasteiger partial charge in [0, 0.05) is 22.2 Å². The van der Waals surface area contributed by atoms with E-state index < -0.39 is 0 Å². The minimum Gasteiger partial charge on any atom is -0.380 e. The van der Waals surface area contributed by atoms with E-state index >= 15 is 0 Å². The third-order valence-electron chi connectivity index (χ3n) is 3.07. The Labute approximate surface area is 85.1 Å². The molecule has 1 rings (SSSR count). The van der Waals surface area contributed by atoms with Crippen molar-refractivity contribution in [2.24, 2.45) is 5.41 Å². The number of hydrogen-bond donors (Lipinski definition) is 0. The van der Waals surface area contributed by atoms with Crippen molar-refractivity contribution in [1.82, 2.24) is 4.90 Å². The number of hydrogen-bond acceptors (Lipinski definition) is 2. The van der Waals surface area contributed by atoms with E-state index in [1.165, 1.54) is 42.2 Å². The van der Waals surface area contributed by atoms with Crippen LogP contribution < -0.4 is 0 Å². The topological polar surface area (TPSA) is 12.5 Å². The molecule has 0 atom stereocenters. The van der Waals surface area contributed by atoms with Crippen LogP contribution in [0.4, 0.5) is 0 Å². The van der Waals surface area contributed by atoms with Gasteiger partial charge < -0.3 is 9.64 Å². The summed E-state index contributed by atoms with van der Waals surface area (Å²) < 4.78 is 5.31. The van der Waals surface area contributed by atoms with Gasteiger partial charge in [-0.1, -0.05) is 13.0 Å². The molecule has 0 N–H and O–H groups in total. The van der Waals surface area contributed by atoms with Crippen molar-refractivity contribution in [3.05, 3.63) is 0 Å². The number of rotatable bonds is 6. The first kappa shape index (κ1) is 11.2. The fourth-order valence-corrected chi connectivity index (χ4v) is 2.19. The predicted molar refractivity (Wildman–Crippen MR) is 60.4 cm³/mol.